The van der Waals surface area contributed by atoms with E-state index in [1.807, 2.05) is 12.1 Å². The number of aromatic nitrogens is 1. The number of para-hydroxylation sites is 1. The van der Waals surface area contributed by atoms with Gasteiger partial charge in [-0.25, -0.2) is 4.98 Å². The van der Waals surface area contributed by atoms with Gasteiger partial charge in [0, 0.05) is 16.3 Å². The summed E-state index contributed by atoms with van der Waals surface area (Å²) >= 11 is 3.17. The number of pyridine rings is 1. The van der Waals surface area contributed by atoms with Crippen LogP contribution in [-0.2, 0) is 0 Å². The molecule has 0 aliphatic carbocycles. The van der Waals surface area contributed by atoms with Crippen LogP contribution in [0.15, 0.2) is 34.8 Å². The molecule has 0 saturated heterocycles. The molecule has 0 aliphatic rings. The molecule has 2 nitrogen and oxygen atoms in total. The molecule has 19 heavy (non-hydrogen) atoms. The zero-order chi connectivity index (χ0) is 14.0. The summed E-state index contributed by atoms with van der Waals surface area (Å²) in [5, 5.41) is 0.821. The molecule has 2 aromatic rings. The van der Waals surface area contributed by atoms with Crippen molar-refractivity contribution in [2.24, 2.45) is 0 Å². The summed E-state index contributed by atoms with van der Waals surface area (Å²) in [5.41, 5.74) is 0.629. The standard InChI is InChI=1S/C13H9BrF3NO/c14-9-7-8-3-1-2-4-10(8)18-12(9)11(19)5-6-13(15,16)17/h1-4,7H,5-6H2. The first-order valence-electron chi connectivity index (χ1n) is 5.52. The number of Topliss-reactive ketones (excluding diaryl/α,β-unsaturated/α-hetero) is 1. The normalized spacial score (nSPS) is 11.8. The Labute approximate surface area is 115 Å². The van der Waals surface area contributed by atoms with Gasteiger partial charge in [0.15, 0.2) is 5.78 Å². The van der Waals surface area contributed by atoms with Crippen molar-refractivity contribution < 1.29 is 18.0 Å². The smallest absolute Gasteiger partial charge is 0.292 e. The fourth-order valence-electron chi connectivity index (χ4n) is 1.66. The summed E-state index contributed by atoms with van der Waals surface area (Å²) in [6.45, 7) is 0. The lowest BCUT2D eigenvalue weighted by molar-refractivity contribution is -0.133. The van der Waals surface area contributed by atoms with Gasteiger partial charge in [-0.2, -0.15) is 13.2 Å². The maximum absolute atomic E-state index is 12.1. The number of fused-ring (bicyclic) bond motifs is 1. The number of rotatable bonds is 3. The predicted octanol–water partition coefficient (Wildman–Crippen LogP) is 4.52. The van der Waals surface area contributed by atoms with Gasteiger partial charge in [-0.1, -0.05) is 18.2 Å². The van der Waals surface area contributed by atoms with E-state index in [0.29, 0.717) is 9.99 Å². The third kappa shape index (κ3) is 3.53. The zero-order valence-corrected chi connectivity index (χ0v) is 11.3. The summed E-state index contributed by atoms with van der Waals surface area (Å²) in [6, 6.07) is 8.79. The summed E-state index contributed by atoms with van der Waals surface area (Å²) < 4.78 is 36.7. The van der Waals surface area contributed by atoms with E-state index < -0.39 is 24.8 Å². The summed E-state index contributed by atoms with van der Waals surface area (Å²) in [6.07, 6.45) is -6.06. The summed E-state index contributed by atoms with van der Waals surface area (Å²) in [7, 11) is 0. The van der Waals surface area contributed by atoms with E-state index in [9.17, 15) is 18.0 Å². The maximum atomic E-state index is 12.1. The number of halogens is 4. The highest BCUT2D eigenvalue weighted by atomic mass is 79.9. The second-order valence-electron chi connectivity index (χ2n) is 4.05. The van der Waals surface area contributed by atoms with E-state index in [1.165, 1.54) is 0 Å². The second-order valence-corrected chi connectivity index (χ2v) is 4.90. The van der Waals surface area contributed by atoms with E-state index in [4.69, 9.17) is 0 Å². The molecule has 0 saturated carbocycles. The highest BCUT2D eigenvalue weighted by Crippen LogP contribution is 2.26. The van der Waals surface area contributed by atoms with E-state index in [2.05, 4.69) is 20.9 Å². The lowest BCUT2D eigenvalue weighted by atomic mass is 10.1. The van der Waals surface area contributed by atoms with Gasteiger partial charge in [0.25, 0.3) is 0 Å². The van der Waals surface area contributed by atoms with Crippen molar-refractivity contribution in [3.8, 4) is 0 Å². The Balaban J connectivity index is 2.29. The number of alkyl halides is 3. The van der Waals surface area contributed by atoms with Crippen LogP contribution in [0.25, 0.3) is 10.9 Å². The van der Waals surface area contributed by atoms with Gasteiger partial charge >= 0.3 is 6.18 Å². The first kappa shape index (κ1) is 14.0. The molecule has 0 unspecified atom stereocenters. The lowest BCUT2D eigenvalue weighted by Gasteiger charge is -2.07. The van der Waals surface area contributed by atoms with E-state index in [0.717, 1.165) is 5.39 Å². The van der Waals surface area contributed by atoms with Crippen molar-refractivity contribution in [2.75, 3.05) is 0 Å². The van der Waals surface area contributed by atoms with Crippen LogP contribution in [0.2, 0.25) is 0 Å². The number of nitrogens with zero attached hydrogens (tertiary/aromatic N) is 1. The van der Waals surface area contributed by atoms with E-state index in [-0.39, 0.29) is 5.69 Å². The number of ketones is 1. The molecule has 1 heterocycles. The first-order chi connectivity index (χ1) is 8.87. The fourth-order valence-corrected chi connectivity index (χ4v) is 2.22. The molecular formula is C13H9BrF3NO. The van der Waals surface area contributed by atoms with Gasteiger partial charge in [0.2, 0.25) is 0 Å². The monoisotopic (exact) mass is 331 g/mol. The van der Waals surface area contributed by atoms with Crippen LogP contribution in [-0.4, -0.2) is 16.9 Å². The molecule has 0 bridgehead atoms. The largest absolute Gasteiger partial charge is 0.389 e. The van der Waals surface area contributed by atoms with Crippen molar-refractivity contribution in [3.05, 3.63) is 40.5 Å². The number of carbonyl (C=O) groups is 1. The third-order valence-corrected chi connectivity index (χ3v) is 3.18. The van der Waals surface area contributed by atoms with Crippen LogP contribution in [0.4, 0.5) is 13.2 Å². The number of carbonyl (C=O) groups excluding carboxylic acids is 1. The van der Waals surface area contributed by atoms with E-state index in [1.54, 1.807) is 18.2 Å². The Morgan fingerprint density at radius 1 is 1.26 bits per heavy atom. The molecule has 0 amide bonds. The van der Waals surface area contributed by atoms with Gasteiger partial charge in [0.05, 0.1) is 11.9 Å². The SMILES string of the molecule is O=C(CCC(F)(F)F)c1nc2ccccc2cc1Br. The number of benzene rings is 1. The van der Waals surface area contributed by atoms with Crippen molar-refractivity contribution >= 4 is 32.6 Å². The average Bonchev–Trinajstić information content (AvgIpc) is 2.34. The average molecular weight is 332 g/mol. The Bertz CT molecular complexity index is 625. The Morgan fingerprint density at radius 3 is 2.63 bits per heavy atom. The number of hydrogen-bond donors (Lipinski definition) is 0. The first-order valence-corrected chi connectivity index (χ1v) is 6.31. The predicted molar refractivity (Wildman–Crippen MR) is 69.1 cm³/mol. The second kappa shape index (κ2) is 5.28. The van der Waals surface area contributed by atoms with Crippen molar-refractivity contribution in [3.63, 3.8) is 0 Å². The van der Waals surface area contributed by atoms with Gasteiger partial charge in [-0.05, 0) is 28.1 Å². The van der Waals surface area contributed by atoms with Gasteiger partial charge in [-0.15, -0.1) is 0 Å². The third-order valence-electron chi connectivity index (χ3n) is 2.58. The van der Waals surface area contributed by atoms with Gasteiger partial charge in [-0.3, -0.25) is 4.79 Å². The summed E-state index contributed by atoms with van der Waals surface area (Å²) in [4.78, 5) is 15.9. The molecule has 0 fully saturated rings. The molecule has 0 atom stereocenters. The Hall–Kier alpha value is -1.43. The van der Waals surface area contributed by atoms with Gasteiger partial charge in [0.1, 0.15) is 5.69 Å². The van der Waals surface area contributed by atoms with Crippen molar-refractivity contribution in [1.29, 1.82) is 0 Å². The molecule has 0 aliphatic heterocycles. The molecule has 100 valence electrons. The zero-order valence-electron chi connectivity index (χ0n) is 9.67. The van der Waals surface area contributed by atoms with Crippen molar-refractivity contribution in [2.45, 2.75) is 19.0 Å². The Kier molecular flexibility index (Phi) is 3.89. The molecule has 1 aromatic carbocycles. The van der Waals surface area contributed by atoms with Crippen molar-refractivity contribution in [1.82, 2.24) is 4.98 Å². The Morgan fingerprint density at radius 2 is 1.95 bits per heavy atom. The highest BCUT2D eigenvalue weighted by molar-refractivity contribution is 9.10. The minimum atomic E-state index is -4.33. The van der Waals surface area contributed by atoms with Gasteiger partial charge < -0.3 is 0 Å². The molecule has 0 spiro atoms. The molecule has 1 aromatic heterocycles. The van der Waals surface area contributed by atoms with Crippen LogP contribution in [0.1, 0.15) is 23.3 Å². The summed E-state index contributed by atoms with van der Waals surface area (Å²) in [5.74, 6) is -0.616. The topological polar surface area (TPSA) is 30.0 Å². The number of hydrogen-bond acceptors (Lipinski definition) is 2. The molecule has 2 rings (SSSR count). The molecular weight excluding hydrogens is 323 g/mol. The molecule has 0 N–H and O–H groups in total. The van der Waals surface area contributed by atoms with Crippen LogP contribution in [0.5, 0.6) is 0 Å². The van der Waals surface area contributed by atoms with Crippen LogP contribution in [0.3, 0.4) is 0 Å². The fraction of sp³-hybridized carbons (Fsp3) is 0.231. The van der Waals surface area contributed by atoms with Crippen LogP contribution >= 0.6 is 15.9 Å². The quantitative estimate of drug-likeness (QED) is 0.774. The highest BCUT2D eigenvalue weighted by Gasteiger charge is 2.28. The lowest BCUT2D eigenvalue weighted by Crippen LogP contribution is -2.12. The van der Waals surface area contributed by atoms with Crippen LogP contribution < -0.4 is 0 Å². The minimum absolute atomic E-state index is 0.0444. The van der Waals surface area contributed by atoms with Crippen LogP contribution in [0, 0.1) is 0 Å². The molecule has 0 radical (unpaired) electrons. The maximum Gasteiger partial charge on any atom is 0.389 e. The molecule has 6 heteroatoms. The minimum Gasteiger partial charge on any atom is -0.292 e. The van der Waals surface area contributed by atoms with E-state index >= 15 is 0 Å².